The molecule has 2 nitrogen and oxygen atoms in total. The van der Waals surface area contributed by atoms with E-state index in [1.165, 1.54) is 24.3 Å². The lowest BCUT2D eigenvalue weighted by Gasteiger charge is -2.14. The maximum absolute atomic E-state index is 13.5. The minimum Gasteiger partial charge on any atom is -0.288 e. The summed E-state index contributed by atoms with van der Waals surface area (Å²) in [5.74, 6) is 0. The lowest BCUT2D eigenvalue weighted by atomic mass is 9.97. The van der Waals surface area contributed by atoms with E-state index in [-0.39, 0.29) is 65.0 Å². The van der Waals surface area contributed by atoms with E-state index < -0.39 is 68.9 Å². The smallest absolute Gasteiger partial charge is 0.288 e. The van der Waals surface area contributed by atoms with Gasteiger partial charge in [0.05, 0.1) is 31.7 Å². The van der Waals surface area contributed by atoms with Crippen molar-refractivity contribution in [2.75, 3.05) is 0 Å². The molecule has 7 aromatic rings. The van der Waals surface area contributed by atoms with E-state index in [9.17, 15) is 62.3 Å². The van der Waals surface area contributed by atoms with Gasteiger partial charge in [-0.05, 0) is 81.6 Å². The van der Waals surface area contributed by atoms with Crippen molar-refractivity contribution in [3.05, 3.63) is 115 Å². The molecule has 0 N–H and O–H groups in total. The van der Waals surface area contributed by atoms with Gasteiger partial charge in [-0.25, -0.2) is 0 Å². The van der Waals surface area contributed by atoms with Crippen LogP contribution in [-0.4, -0.2) is 0 Å². The highest BCUT2D eigenvalue weighted by Gasteiger charge is 2.38. The van der Waals surface area contributed by atoms with Crippen LogP contribution in [-0.2, 0) is 24.7 Å². The van der Waals surface area contributed by atoms with Crippen LogP contribution in [0.3, 0.4) is 0 Å². The second-order valence-electron chi connectivity index (χ2n) is 11.3. The minimum absolute atomic E-state index is 0.0228. The summed E-state index contributed by atoms with van der Waals surface area (Å²) < 4.78 is 162. The van der Waals surface area contributed by atoms with Gasteiger partial charge in [-0.15, -0.1) is 11.3 Å². The van der Waals surface area contributed by atoms with Crippen LogP contribution >= 0.6 is 11.3 Å². The van der Waals surface area contributed by atoms with Crippen LogP contribution in [0.5, 0.6) is 0 Å². The second-order valence-corrected chi connectivity index (χ2v) is 12.3. The molecule has 0 fully saturated rings. The molecule has 0 bridgehead atoms. The van der Waals surface area contributed by atoms with Gasteiger partial charge in [-0.3, -0.25) is 9.59 Å². The Bertz CT molecular complexity index is 2350. The third-order valence-electron chi connectivity index (χ3n) is 8.23. The first kappa shape index (κ1) is 32.6. The average Bonchev–Trinajstić information content (AvgIpc) is 3.62. The second kappa shape index (κ2) is 10.3. The SMILES string of the molecule is O=c1c2cc(-c3cc(C(F)(F)F)cc(C(F)(F)F)c3)ccc2c2c1sc1c(=O)c3cc(-c4cc(C(F)(F)F)cc(C(F)(F)F)c4)ccc3c12. The van der Waals surface area contributed by atoms with Gasteiger partial charge in [-0.1, -0.05) is 24.3 Å². The summed E-state index contributed by atoms with van der Waals surface area (Å²) in [4.78, 5) is 26.9. The fraction of sp³-hybridized carbons (Fsp3) is 0.118. The average molecular weight is 713 g/mol. The predicted octanol–water partition coefficient (Wildman–Crippen LogP) is 11.4. The van der Waals surface area contributed by atoms with Crippen LogP contribution < -0.4 is 10.9 Å². The van der Waals surface area contributed by atoms with Crippen molar-refractivity contribution in [2.45, 2.75) is 24.7 Å². The van der Waals surface area contributed by atoms with Crippen molar-refractivity contribution >= 4 is 53.1 Å². The van der Waals surface area contributed by atoms with Crippen molar-refractivity contribution in [2.24, 2.45) is 0 Å². The number of thiophene rings is 1. The predicted molar refractivity (Wildman–Crippen MR) is 160 cm³/mol. The van der Waals surface area contributed by atoms with Crippen molar-refractivity contribution < 1.29 is 52.7 Å². The zero-order chi connectivity index (χ0) is 35.6. The van der Waals surface area contributed by atoms with Crippen LogP contribution in [0.4, 0.5) is 52.7 Å². The highest BCUT2D eigenvalue weighted by molar-refractivity contribution is 7.26. The molecular formula is C34H12F12O2S. The molecule has 6 aromatic carbocycles. The quantitative estimate of drug-likeness (QED) is 0.167. The summed E-state index contributed by atoms with van der Waals surface area (Å²) in [7, 11) is 0. The van der Waals surface area contributed by atoms with Crippen LogP contribution in [0, 0.1) is 0 Å². The molecule has 0 amide bonds. The third-order valence-corrected chi connectivity index (χ3v) is 9.42. The lowest BCUT2D eigenvalue weighted by Crippen LogP contribution is -2.11. The van der Waals surface area contributed by atoms with Crippen molar-refractivity contribution in [1.82, 2.24) is 0 Å². The number of hydrogen-bond acceptors (Lipinski definition) is 3. The Morgan fingerprint density at radius 2 is 0.673 bits per heavy atom. The summed E-state index contributed by atoms with van der Waals surface area (Å²) in [6.07, 6.45) is -20.4. The first-order valence-corrected chi connectivity index (χ1v) is 14.6. The van der Waals surface area contributed by atoms with E-state index >= 15 is 0 Å². The molecule has 1 heterocycles. The molecular weight excluding hydrogens is 700 g/mol. The molecule has 1 aromatic heterocycles. The van der Waals surface area contributed by atoms with Gasteiger partial charge in [-0.2, -0.15) is 52.7 Å². The summed E-state index contributed by atoms with van der Waals surface area (Å²) in [6.45, 7) is 0. The van der Waals surface area contributed by atoms with Gasteiger partial charge >= 0.3 is 24.7 Å². The van der Waals surface area contributed by atoms with E-state index in [4.69, 9.17) is 0 Å². The first-order chi connectivity index (χ1) is 22.6. The zero-order valence-electron chi connectivity index (χ0n) is 23.7. The summed E-state index contributed by atoms with van der Waals surface area (Å²) in [5, 5.41) is 0.917. The zero-order valence-corrected chi connectivity index (χ0v) is 24.5. The summed E-state index contributed by atoms with van der Waals surface area (Å²) >= 11 is 0.773. The number of halogens is 12. The van der Waals surface area contributed by atoms with Gasteiger partial charge in [0.25, 0.3) is 0 Å². The summed E-state index contributed by atoms with van der Waals surface area (Å²) in [6, 6.07) is 9.48. The van der Waals surface area contributed by atoms with Crippen molar-refractivity contribution in [3.63, 3.8) is 0 Å². The Kier molecular flexibility index (Phi) is 6.85. The molecule has 0 unspecified atom stereocenters. The highest BCUT2D eigenvalue weighted by Crippen LogP contribution is 2.45. The van der Waals surface area contributed by atoms with Gasteiger partial charge in [0, 0.05) is 21.5 Å². The monoisotopic (exact) mass is 712 g/mol. The standard InChI is InChI=1S/C34H12F12O2S/c35-31(36,37)17-5-15(6-18(11-17)32(38,39)40)13-1-3-21-23(9-13)27(47)29-25(21)26-22-4-2-14(10-24(22)28(48)30(26)49-29)16-7-19(33(41,42)43)12-20(8-16)34(44,45)46/h1-12H. The molecule has 49 heavy (non-hydrogen) atoms. The van der Waals surface area contributed by atoms with Crippen LogP contribution in [0.1, 0.15) is 22.3 Å². The molecule has 15 heteroatoms. The fourth-order valence-corrected chi connectivity index (χ4v) is 7.25. The fourth-order valence-electron chi connectivity index (χ4n) is 6.01. The van der Waals surface area contributed by atoms with E-state index in [0.29, 0.717) is 24.3 Å². The topological polar surface area (TPSA) is 34.1 Å². The van der Waals surface area contributed by atoms with Crippen LogP contribution in [0.2, 0.25) is 0 Å². The van der Waals surface area contributed by atoms with E-state index in [2.05, 4.69) is 0 Å². The number of hydrogen-bond donors (Lipinski definition) is 0. The van der Waals surface area contributed by atoms with Crippen LogP contribution in [0.25, 0.3) is 64.0 Å². The largest absolute Gasteiger partial charge is 0.416 e. The maximum atomic E-state index is 13.5. The Morgan fingerprint density at radius 3 is 0.959 bits per heavy atom. The molecule has 250 valence electrons. The van der Waals surface area contributed by atoms with Crippen molar-refractivity contribution in [1.29, 1.82) is 0 Å². The number of fused-ring (bicyclic) bond motifs is 7. The normalized spacial score (nSPS) is 13.5. The third kappa shape index (κ3) is 5.30. The molecule has 0 aliphatic carbocycles. The molecule has 7 rings (SSSR count). The number of alkyl halides is 12. The first-order valence-electron chi connectivity index (χ1n) is 13.8. The molecule has 0 aliphatic rings. The molecule has 0 saturated heterocycles. The Hall–Kier alpha value is -4.92. The van der Waals surface area contributed by atoms with Gasteiger partial charge in [0.2, 0.25) is 10.9 Å². The Balaban J connectivity index is 1.42. The van der Waals surface area contributed by atoms with Gasteiger partial charge in [0.15, 0.2) is 0 Å². The molecule has 0 atom stereocenters. The maximum Gasteiger partial charge on any atom is 0.416 e. The molecule has 0 saturated carbocycles. The Morgan fingerprint density at radius 1 is 0.367 bits per heavy atom. The van der Waals surface area contributed by atoms with Gasteiger partial charge < -0.3 is 0 Å². The van der Waals surface area contributed by atoms with E-state index in [0.717, 1.165) is 23.5 Å². The molecule has 0 spiro atoms. The minimum atomic E-state index is -5.10. The molecule has 0 aliphatic heterocycles. The number of rotatable bonds is 2. The highest BCUT2D eigenvalue weighted by atomic mass is 32.1. The van der Waals surface area contributed by atoms with Crippen LogP contribution in [0.15, 0.2) is 82.4 Å². The lowest BCUT2D eigenvalue weighted by molar-refractivity contribution is -0.144. The number of benzene rings is 4. The van der Waals surface area contributed by atoms with Crippen molar-refractivity contribution in [3.8, 4) is 22.3 Å². The van der Waals surface area contributed by atoms with E-state index in [1.807, 2.05) is 0 Å². The van der Waals surface area contributed by atoms with Gasteiger partial charge in [0.1, 0.15) is 0 Å². The van der Waals surface area contributed by atoms with E-state index in [1.54, 1.807) is 0 Å². The summed E-state index contributed by atoms with van der Waals surface area (Å²) in [5.41, 5.74) is -8.58. The Labute approximate surface area is 268 Å². The molecule has 0 radical (unpaired) electrons.